The molecule has 0 aliphatic carbocycles. The normalized spacial score (nSPS) is 11.2. The summed E-state index contributed by atoms with van der Waals surface area (Å²) in [5.41, 5.74) is 9.76. The van der Waals surface area contributed by atoms with E-state index in [1.165, 1.54) is 12.1 Å². The van der Waals surface area contributed by atoms with E-state index in [2.05, 4.69) is 10.2 Å². The summed E-state index contributed by atoms with van der Waals surface area (Å²) in [5.74, 6) is -0.705. The Morgan fingerprint density at radius 3 is 2.35 bits per heavy atom. The minimum atomic E-state index is -0.616. The van der Waals surface area contributed by atoms with E-state index in [0.717, 1.165) is 33.7 Å². The van der Waals surface area contributed by atoms with Gasteiger partial charge in [0.15, 0.2) is 5.82 Å². The number of hydrogen-bond acceptors (Lipinski definition) is 3. The van der Waals surface area contributed by atoms with Crippen molar-refractivity contribution in [2.24, 2.45) is 0 Å². The number of hydrogen-bond donors (Lipinski definition) is 3. The molecule has 0 aliphatic heterocycles. The highest BCUT2D eigenvalue weighted by Gasteiger charge is 2.13. The van der Waals surface area contributed by atoms with Crippen LogP contribution in [-0.2, 0) is 6.42 Å². The molecule has 4 aromatic rings. The Hall–Kier alpha value is -3.41. The number of nitrogens with zero attached hydrogens (tertiary/aromatic N) is 1. The van der Waals surface area contributed by atoms with E-state index in [4.69, 9.17) is 5.73 Å². The van der Waals surface area contributed by atoms with Crippen molar-refractivity contribution >= 4 is 16.7 Å². The van der Waals surface area contributed by atoms with E-state index in [9.17, 15) is 13.9 Å². The van der Waals surface area contributed by atoms with Crippen LogP contribution < -0.4 is 5.73 Å². The average Bonchev–Trinajstić information content (AvgIpc) is 2.95. The number of aromatic amines is 1. The third-order valence-electron chi connectivity index (χ3n) is 4.31. The number of H-pyrrole nitrogens is 1. The van der Waals surface area contributed by atoms with E-state index < -0.39 is 11.6 Å². The second kappa shape index (κ2) is 6.15. The highest BCUT2D eigenvalue weighted by molar-refractivity contribution is 5.93. The minimum absolute atomic E-state index is 0.161. The van der Waals surface area contributed by atoms with Gasteiger partial charge in [0.2, 0.25) is 0 Å². The van der Waals surface area contributed by atoms with E-state index in [-0.39, 0.29) is 5.75 Å². The number of rotatable bonds is 3. The standard InChI is InChI=1S/C20H15F2N3O/c21-14-6-11(7-15(22)9-14)5-13-8-18-19(24-25-20(18)23)10-17(13)12-1-3-16(26)4-2-12/h1-4,6-10,26H,5H2,(H3,23,24,25). The number of phenols is 1. The van der Waals surface area contributed by atoms with Gasteiger partial charge in [0, 0.05) is 11.5 Å². The van der Waals surface area contributed by atoms with Gasteiger partial charge in [-0.25, -0.2) is 8.78 Å². The Morgan fingerprint density at radius 2 is 1.65 bits per heavy atom. The van der Waals surface area contributed by atoms with E-state index in [1.807, 2.05) is 12.1 Å². The predicted molar refractivity (Wildman–Crippen MR) is 96.8 cm³/mol. The zero-order valence-electron chi connectivity index (χ0n) is 13.6. The summed E-state index contributed by atoms with van der Waals surface area (Å²) in [4.78, 5) is 0. The molecule has 0 saturated heterocycles. The molecule has 26 heavy (non-hydrogen) atoms. The quantitative estimate of drug-likeness (QED) is 0.512. The SMILES string of the molecule is Nc1n[nH]c2cc(-c3ccc(O)cc3)c(Cc3cc(F)cc(F)c3)cc12. The van der Waals surface area contributed by atoms with Crippen LogP contribution in [0.2, 0.25) is 0 Å². The Labute approximate surface area is 147 Å². The maximum Gasteiger partial charge on any atom is 0.153 e. The summed E-state index contributed by atoms with van der Waals surface area (Å²) < 4.78 is 27.1. The summed E-state index contributed by atoms with van der Waals surface area (Å²) in [7, 11) is 0. The topological polar surface area (TPSA) is 74.9 Å². The van der Waals surface area contributed by atoms with Crippen molar-refractivity contribution in [1.82, 2.24) is 10.2 Å². The highest BCUT2D eigenvalue weighted by atomic mass is 19.1. The van der Waals surface area contributed by atoms with Crippen molar-refractivity contribution in [3.8, 4) is 16.9 Å². The Kier molecular flexibility index (Phi) is 3.80. The molecule has 0 aliphatic rings. The molecule has 1 heterocycles. The van der Waals surface area contributed by atoms with Gasteiger partial charge in [-0.05, 0) is 65.1 Å². The number of aromatic nitrogens is 2. The number of nitrogen functional groups attached to an aromatic ring is 1. The number of nitrogens with one attached hydrogen (secondary N) is 1. The van der Waals surface area contributed by atoms with Gasteiger partial charge in [0.05, 0.1) is 5.52 Å². The fourth-order valence-electron chi connectivity index (χ4n) is 3.12. The molecule has 3 aromatic carbocycles. The average molecular weight is 351 g/mol. The summed E-state index contributed by atoms with van der Waals surface area (Å²) in [5, 5.41) is 17.2. The molecular formula is C20H15F2N3O. The molecule has 0 atom stereocenters. The van der Waals surface area contributed by atoms with Crippen LogP contribution in [0.3, 0.4) is 0 Å². The first-order chi connectivity index (χ1) is 12.5. The van der Waals surface area contributed by atoms with Crippen molar-refractivity contribution in [3.05, 3.63) is 77.4 Å². The maximum absolute atomic E-state index is 13.6. The summed E-state index contributed by atoms with van der Waals surface area (Å²) in [6.07, 6.45) is 0.325. The number of benzene rings is 3. The number of fused-ring (bicyclic) bond motifs is 1. The van der Waals surface area contributed by atoms with Gasteiger partial charge in [-0.2, -0.15) is 5.10 Å². The van der Waals surface area contributed by atoms with Crippen LogP contribution in [0.1, 0.15) is 11.1 Å². The minimum Gasteiger partial charge on any atom is -0.508 e. The molecule has 1 aromatic heterocycles. The van der Waals surface area contributed by atoms with Gasteiger partial charge >= 0.3 is 0 Å². The van der Waals surface area contributed by atoms with Gasteiger partial charge in [0.1, 0.15) is 17.4 Å². The molecular weight excluding hydrogens is 336 g/mol. The van der Waals surface area contributed by atoms with Gasteiger partial charge in [-0.3, -0.25) is 5.10 Å². The lowest BCUT2D eigenvalue weighted by molar-refractivity contribution is 0.475. The van der Waals surface area contributed by atoms with E-state index in [1.54, 1.807) is 24.3 Å². The molecule has 0 unspecified atom stereocenters. The smallest absolute Gasteiger partial charge is 0.153 e. The third-order valence-corrected chi connectivity index (χ3v) is 4.31. The lowest BCUT2D eigenvalue weighted by atomic mass is 9.93. The lowest BCUT2D eigenvalue weighted by Crippen LogP contribution is -1.95. The van der Waals surface area contributed by atoms with E-state index >= 15 is 0 Å². The van der Waals surface area contributed by atoms with Crippen LogP contribution in [0.15, 0.2) is 54.6 Å². The Morgan fingerprint density at radius 1 is 0.962 bits per heavy atom. The highest BCUT2D eigenvalue weighted by Crippen LogP contribution is 2.32. The molecule has 0 amide bonds. The van der Waals surface area contributed by atoms with Crippen LogP contribution in [0.4, 0.5) is 14.6 Å². The summed E-state index contributed by atoms with van der Waals surface area (Å²) >= 11 is 0. The van der Waals surface area contributed by atoms with Gasteiger partial charge in [-0.15, -0.1) is 0 Å². The van der Waals surface area contributed by atoms with Crippen molar-refractivity contribution in [2.75, 3.05) is 5.73 Å². The van der Waals surface area contributed by atoms with Crippen LogP contribution in [0.25, 0.3) is 22.0 Å². The summed E-state index contributed by atoms with van der Waals surface area (Å²) in [6, 6.07) is 14.0. The molecule has 130 valence electrons. The van der Waals surface area contributed by atoms with Crippen LogP contribution >= 0.6 is 0 Å². The third kappa shape index (κ3) is 2.97. The monoisotopic (exact) mass is 351 g/mol. The van der Waals surface area contributed by atoms with Gasteiger partial charge < -0.3 is 10.8 Å². The Bertz CT molecular complexity index is 1080. The second-order valence-corrected chi connectivity index (χ2v) is 6.17. The van der Waals surface area contributed by atoms with E-state index in [0.29, 0.717) is 17.8 Å². The number of halogens is 2. The molecule has 0 bridgehead atoms. The first-order valence-electron chi connectivity index (χ1n) is 8.00. The first-order valence-corrected chi connectivity index (χ1v) is 8.00. The van der Waals surface area contributed by atoms with Gasteiger partial charge in [-0.1, -0.05) is 12.1 Å². The number of phenolic OH excluding ortho intramolecular Hbond substituents is 1. The number of nitrogens with two attached hydrogens (primary N) is 1. The molecule has 0 spiro atoms. The Balaban J connectivity index is 1.88. The van der Waals surface area contributed by atoms with Crippen molar-refractivity contribution in [2.45, 2.75) is 6.42 Å². The lowest BCUT2D eigenvalue weighted by Gasteiger charge is -2.12. The van der Waals surface area contributed by atoms with Crippen molar-refractivity contribution in [3.63, 3.8) is 0 Å². The summed E-state index contributed by atoms with van der Waals surface area (Å²) in [6.45, 7) is 0. The van der Waals surface area contributed by atoms with Crippen LogP contribution in [0, 0.1) is 11.6 Å². The molecule has 6 heteroatoms. The number of anilines is 1. The van der Waals surface area contributed by atoms with Gasteiger partial charge in [0.25, 0.3) is 0 Å². The molecule has 4 rings (SSSR count). The zero-order valence-corrected chi connectivity index (χ0v) is 13.6. The molecule has 0 fully saturated rings. The fourth-order valence-corrected chi connectivity index (χ4v) is 3.12. The zero-order chi connectivity index (χ0) is 18.3. The molecule has 4 N–H and O–H groups in total. The van der Waals surface area contributed by atoms with Crippen molar-refractivity contribution in [1.29, 1.82) is 0 Å². The van der Waals surface area contributed by atoms with Crippen LogP contribution in [0.5, 0.6) is 5.75 Å². The largest absolute Gasteiger partial charge is 0.508 e. The second-order valence-electron chi connectivity index (χ2n) is 6.17. The number of aromatic hydroxyl groups is 1. The van der Waals surface area contributed by atoms with Crippen molar-refractivity contribution < 1.29 is 13.9 Å². The molecule has 0 saturated carbocycles. The molecule has 0 radical (unpaired) electrons. The maximum atomic E-state index is 13.6. The predicted octanol–water partition coefficient (Wildman–Crippen LogP) is 4.39. The molecule has 4 nitrogen and oxygen atoms in total. The fraction of sp³-hybridized carbons (Fsp3) is 0.0500. The first kappa shape index (κ1) is 16.1. The van der Waals surface area contributed by atoms with Crippen LogP contribution in [-0.4, -0.2) is 15.3 Å².